The van der Waals surface area contributed by atoms with Crippen LogP contribution in [-0.4, -0.2) is 32.8 Å². The molecule has 0 aliphatic rings. The molecule has 0 fully saturated rings. The van der Waals surface area contributed by atoms with Crippen LogP contribution in [0.1, 0.15) is 37.2 Å². The average molecular weight is 267 g/mol. The highest BCUT2D eigenvalue weighted by Crippen LogP contribution is 1.95. The number of rotatable bonds is 6. The van der Waals surface area contributed by atoms with Crippen molar-refractivity contribution >= 4 is 11.9 Å². The number of carboxylic acid groups (broad SMARTS) is 1. The third kappa shape index (κ3) is 4.20. The van der Waals surface area contributed by atoms with Crippen molar-refractivity contribution in [2.45, 2.75) is 39.3 Å². The molecule has 1 rings (SSSR count). The zero-order chi connectivity index (χ0) is 14.4. The average Bonchev–Trinajstić information content (AvgIpc) is 2.37. The number of carbonyl (C=O) groups is 2. The van der Waals surface area contributed by atoms with Crippen LogP contribution >= 0.6 is 0 Å². The van der Waals surface area contributed by atoms with Gasteiger partial charge in [0.1, 0.15) is 11.7 Å². The van der Waals surface area contributed by atoms with Crippen LogP contribution in [0.25, 0.3) is 0 Å². The fourth-order valence-corrected chi connectivity index (χ4v) is 1.37. The molecule has 7 nitrogen and oxygen atoms in total. The Bertz CT molecular complexity index is 524. The molecule has 104 valence electrons. The van der Waals surface area contributed by atoms with Gasteiger partial charge in [-0.3, -0.25) is 14.4 Å². The third-order valence-electron chi connectivity index (χ3n) is 2.54. The number of carbonyl (C=O) groups excluding carboxylic acids is 1. The fourth-order valence-electron chi connectivity index (χ4n) is 1.37. The molecule has 0 aliphatic heterocycles. The molecule has 0 spiro atoms. The van der Waals surface area contributed by atoms with Gasteiger partial charge in [-0.15, -0.1) is 0 Å². The van der Waals surface area contributed by atoms with E-state index in [1.54, 1.807) is 0 Å². The molecule has 0 aromatic carbocycles. The van der Waals surface area contributed by atoms with Crippen LogP contribution in [-0.2, 0) is 11.3 Å². The minimum absolute atomic E-state index is 0.0313. The highest BCUT2D eigenvalue weighted by molar-refractivity contribution is 5.94. The van der Waals surface area contributed by atoms with E-state index in [0.29, 0.717) is 6.54 Å². The number of aryl methyl sites for hydroxylation is 1. The minimum Gasteiger partial charge on any atom is -0.480 e. The van der Waals surface area contributed by atoms with Crippen molar-refractivity contribution in [3.05, 3.63) is 28.2 Å². The molecular weight excluding hydrogens is 250 g/mol. The van der Waals surface area contributed by atoms with E-state index in [0.717, 1.165) is 12.8 Å². The van der Waals surface area contributed by atoms with Crippen molar-refractivity contribution < 1.29 is 14.7 Å². The summed E-state index contributed by atoms with van der Waals surface area (Å²) in [5, 5.41) is 14.9. The van der Waals surface area contributed by atoms with Crippen LogP contribution in [0, 0.1) is 0 Å². The molecular formula is C12H17N3O4. The lowest BCUT2D eigenvalue weighted by Crippen LogP contribution is -2.39. The number of nitrogens with zero attached hydrogens (tertiary/aromatic N) is 2. The number of hydrogen-bond acceptors (Lipinski definition) is 4. The minimum atomic E-state index is -1.13. The van der Waals surface area contributed by atoms with Crippen LogP contribution in [0.15, 0.2) is 16.9 Å². The van der Waals surface area contributed by atoms with Gasteiger partial charge in [0.2, 0.25) is 0 Å². The SMILES string of the molecule is CCCCn1nc(C(=O)NC(C)C(=O)O)ccc1=O. The number of carboxylic acids is 1. The van der Waals surface area contributed by atoms with Crippen molar-refractivity contribution in [1.82, 2.24) is 15.1 Å². The summed E-state index contributed by atoms with van der Waals surface area (Å²) < 4.78 is 1.21. The van der Waals surface area contributed by atoms with Crippen molar-refractivity contribution in [3.8, 4) is 0 Å². The molecule has 0 saturated heterocycles. The standard InChI is InChI=1S/C12H17N3O4/c1-3-4-7-15-10(16)6-5-9(14-15)11(17)13-8(2)12(18)19/h5-6,8H,3-4,7H2,1-2H3,(H,13,17)(H,18,19). The van der Waals surface area contributed by atoms with Crippen LogP contribution in [0.2, 0.25) is 0 Å². The second-order valence-electron chi connectivity index (χ2n) is 4.17. The highest BCUT2D eigenvalue weighted by Gasteiger charge is 2.16. The summed E-state index contributed by atoms with van der Waals surface area (Å²) in [5.41, 5.74) is -0.250. The van der Waals surface area contributed by atoms with E-state index in [9.17, 15) is 14.4 Å². The number of hydrogen-bond donors (Lipinski definition) is 2. The summed E-state index contributed by atoms with van der Waals surface area (Å²) in [6.07, 6.45) is 1.68. The molecule has 0 aliphatic carbocycles. The van der Waals surface area contributed by atoms with Crippen molar-refractivity contribution in [2.24, 2.45) is 0 Å². The first-order chi connectivity index (χ1) is 8.95. The van der Waals surface area contributed by atoms with E-state index in [2.05, 4.69) is 10.4 Å². The molecule has 1 heterocycles. The predicted octanol–water partition coefficient (Wildman–Crippen LogP) is 0.246. The largest absolute Gasteiger partial charge is 0.480 e. The number of aromatic nitrogens is 2. The maximum Gasteiger partial charge on any atom is 0.325 e. The number of amides is 1. The van der Waals surface area contributed by atoms with Gasteiger partial charge in [0.15, 0.2) is 0 Å². The van der Waals surface area contributed by atoms with Gasteiger partial charge in [-0.25, -0.2) is 4.68 Å². The smallest absolute Gasteiger partial charge is 0.325 e. The maximum atomic E-state index is 11.7. The molecule has 1 unspecified atom stereocenters. The van der Waals surface area contributed by atoms with Gasteiger partial charge in [0.05, 0.1) is 0 Å². The zero-order valence-corrected chi connectivity index (χ0v) is 10.9. The maximum absolute atomic E-state index is 11.7. The Balaban J connectivity index is 2.86. The second kappa shape index (κ2) is 6.67. The lowest BCUT2D eigenvalue weighted by Gasteiger charge is -2.10. The molecule has 1 aromatic heterocycles. The Morgan fingerprint density at radius 2 is 2.16 bits per heavy atom. The van der Waals surface area contributed by atoms with Gasteiger partial charge < -0.3 is 10.4 Å². The first kappa shape index (κ1) is 14.9. The first-order valence-corrected chi connectivity index (χ1v) is 6.07. The van der Waals surface area contributed by atoms with Crippen molar-refractivity contribution in [3.63, 3.8) is 0 Å². The van der Waals surface area contributed by atoms with Crippen LogP contribution in [0.5, 0.6) is 0 Å². The van der Waals surface area contributed by atoms with Crippen molar-refractivity contribution in [2.75, 3.05) is 0 Å². The Morgan fingerprint density at radius 3 is 2.74 bits per heavy atom. The summed E-state index contributed by atoms with van der Waals surface area (Å²) in [5.74, 6) is -1.74. The van der Waals surface area contributed by atoms with E-state index in [4.69, 9.17) is 5.11 Å². The van der Waals surface area contributed by atoms with Gasteiger partial charge in [0.25, 0.3) is 11.5 Å². The van der Waals surface area contributed by atoms with E-state index >= 15 is 0 Å². The molecule has 19 heavy (non-hydrogen) atoms. The highest BCUT2D eigenvalue weighted by atomic mass is 16.4. The number of aliphatic carboxylic acids is 1. The fraction of sp³-hybridized carbons (Fsp3) is 0.500. The summed E-state index contributed by atoms with van der Waals surface area (Å²) >= 11 is 0. The molecule has 1 amide bonds. The summed E-state index contributed by atoms with van der Waals surface area (Å²) in [4.78, 5) is 33.9. The molecule has 0 saturated carbocycles. The monoisotopic (exact) mass is 267 g/mol. The van der Waals surface area contributed by atoms with Crippen molar-refractivity contribution in [1.29, 1.82) is 0 Å². The van der Waals surface area contributed by atoms with E-state index < -0.39 is 17.9 Å². The lowest BCUT2D eigenvalue weighted by atomic mass is 10.3. The Morgan fingerprint density at radius 1 is 1.47 bits per heavy atom. The molecule has 1 aromatic rings. The van der Waals surface area contributed by atoms with Gasteiger partial charge in [-0.1, -0.05) is 13.3 Å². The normalized spacial score (nSPS) is 11.9. The molecule has 0 radical (unpaired) electrons. The Kier molecular flexibility index (Phi) is 5.23. The molecule has 1 atom stereocenters. The summed E-state index contributed by atoms with van der Waals surface area (Å²) in [6, 6.07) is 1.53. The van der Waals surface area contributed by atoms with E-state index in [-0.39, 0.29) is 11.3 Å². The summed E-state index contributed by atoms with van der Waals surface area (Å²) in [6.45, 7) is 3.77. The van der Waals surface area contributed by atoms with Crippen LogP contribution in [0.4, 0.5) is 0 Å². The third-order valence-corrected chi connectivity index (χ3v) is 2.54. The van der Waals surface area contributed by atoms with Gasteiger partial charge in [0, 0.05) is 12.6 Å². The molecule has 7 heteroatoms. The van der Waals surface area contributed by atoms with Gasteiger partial charge >= 0.3 is 5.97 Å². The lowest BCUT2D eigenvalue weighted by molar-refractivity contribution is -0.138. The molecule has 0 bridgehead atoms. The topological polar surface area (TPSA) is 101 Å². The Hall–Kier alpha value is -2.18. The van der Waals surface area contributed by atoms with Crippen LogP contribution in [0.3, 0.4) is 0 Å². The molecule has 2 N–H and O–H groups in total. The Labute approximate surface area is 110 Å². The van der Waals surface area contributed by atoms with E-state index in [1.807, 2.05) is 6.92 Å². The van der Waals surface area contributed by atoms with Gasteiger partial charge in [-0.05, 0) is 19.4 Å². The first-order valence-electron chi connectivity index (χ1n) is 6.07. The number of unbranched alkanes of at least 4 members (excludes halogenated alkanes) is 1. The zero-order valence-electron chi connectivity index (χ0n) is 10.9. The quantitative estimate of drug-likeness (QED) is 0.769. The predicted molar refractivity (Wildman–Crippen MR) is 68.0 cm³/mol. The van der Waals surface area contributed by atoms with Gasteiger partial charge in [-0.2, -0.15) is 5.10 Å². The number of nitrogens with one attached hydrogen (secondary N) is 1. The summed E-state index contributed by atoms with van der Waals surface area (Å²) in [7, 11) is 0. The van der Waals surface area contributed by atoms with Crippen LogP contribution < -0.4 is 10.9 Å². The second-order valence-corrected chi connectivity index (χ2v) is 4.17. The van der Waals surface area contributed by atoms with E-state index in [1.165, 1.54) is 23.7 Å².